The Bertz CT molecular complexity index is 581. The van der Waals surface area contributed by atoms with Crippen molar-refractivity contribution in [3.05, 3.63) is 58.7 Å². The number of carbonyl (C=O) groups excluding carboxylic acids is 2. The summed E-state index contributed by atoms with van der Waals surface area (Å²) >= 11 is 0. The molecule has 0 aliphatic heterocycles. The van der Waals surface area contributed by atoms with Gasteiger partial charge in [-0.1, -0.05) is 12.1 Å². The zero-order valence-corrected chi connectivity index (χ0v) is 10.3. The molecular formula is C15H14N2O2. The minimum absolute atomic E-state index is 0.463. The van der Waals surface area contributed by atoms with Gasteiger partial charge in [-0.2, -0.15) is 0 Å². The molecule has 19 heavy (non-hydrogen) atoms. The minimum atomic E-state index is 0.463. The summed E-state index contributed by atoms with van der Waals surface area (Å²) < 4.78 is 0. The van der Waals surface area contributed by atoms with Crippen molar-refractivity contribution in [2.75, 3.05) is 11.5 Å². The van der Waals surface area contributed by atoms with E-state index in [1.165, 1.54) is 0 Å². The summed E-state index contributed by atoms with van der Waals surface area (Å²) in [6, 6.07) is 10.6. The number of benzene rings is 2. The van der Waals surface area contributed by atoms with E-state index in [1.807, 2.05) is 12.1 Å². The Labute approximate surface area is 111 Å². The van der Waals surface area contributed by atoms with Crippen LogP contribution in [-0.4, -0.2) is 12.6 Å². The van der Waals surface area contributed by atoms with E-state index in [0.29, 0.717) is 28.9 Å². The Balaban J connectivity index is 2.30. The lowest BCUT2D eigenvalue weighted by atomic mass is 10.0. The van der Waals surface area contributed by atoms with Crippen molar-refractivity contribution >= 4 is 23.9 Å². The summed E-state index contributed by atoms with van der Waals surface area (Å²) in [5, 5.41) is 0. The van der Waals surface area contributed by atoms with Crippen molar-refractivity contribution in [2.24, 2.45) is 0 Å². The van der Waals surface area contributed by atoms with Crippen LogP contribution in [0.1, 0.15) is 31.8 Å². The second-order valence-corrected chi connectivity index (χ2v) is 4.34. The highest BCUT2D eigenvalue weighted by molar-refractivity contribution is 5.84. The third kappa shape index (κ3) is 2.80. The van der Waals surface area contributed by atoms with Gasteiger partial charge in [-0.15, -0.1) is 0 Å². The van der Waals surface area contributed by atoms with E-state index in [0.717, 1.165) is 23.7 Å². The standard InChI is InChI=1S/C15H14N2O2/c16-14-3-1-10(6-12(14)8-18)5-11-2-4-15(17)13(7-11)9-19/h1-4,6-9H,5,16-17H2. The van der Waals surface area contributed by atoms with Crippen LogP contribution in [0.2, 0.25) is 0 Å². The molecule has 0 heterocycles. The summed E-state index contributed by atoms with van der Waals surface area (Å²) in [4.78, 5) is 21.7. The third-order valence-electron chi connectivity index (χ3n) is 2.96. The van der Waals surface area contributed by atoms with Crippen LogP contribution in [0.25, 0.3) is 0 Å². The molecule has 0 aliphatic carbocycles. The van der Waals surface area contributed by atoms with Gasteiger partial charge in [0.2, 0.25) is 0 Å². The van der Waals surface area contributed by atoms with Gasteiger partial charge in [0.05, 0.1) is 0 Å². The first-order chi connectivity index (χ1) is 9.13. The minimum Gasteiger partial charge on any atom is -0.398 e. The average Bonchev–Trinajstić information content (AvgIpc) is 2.43. The van der Waals surface area contributed by atoms with Gasteiger partial charge in [0, 0.05) is 22.5 Å². The highest BCUT2D eigenvalue weighted by Crippen LogP contribution is 2.18. The van der Waals surface area contributed by atoms with Gasteiger partial charge in [-0.3, -0.25) is 9.59 Å². The van der Waals surface area contributed by atoms with Crippen LogP contribution in [0, 0.1) is 0 Å². The normalized spacial score (nSPS) is 10.1. The fraction of sp³-hybridized carbons (Fsp3) is 0.0667. The molecule has 96 valence electrons. The van der Waals surface area contributed by atoms with Crippen LogP contribution < -0.4 is 11.5 Å². The molecule has 0 bridgehead atoms. The molecule has 0 unspecified atom stereocenters. The van der Waals surface area contributed by atoms with Gasteiger partial charge in [-0.25, -0.2) is 0 Å². The van der Waals surface area contributed by atoms with E-state index in [-0.39, 0.29) is 0 Å². The SMILES string of the molecule is Nc1ccc(Cc2ccc(N)c(C=O)c2)cc1C=O. The Morgan fingerprint density at radius 1 is 0.789 bits per heavy atom. The highest BCUT2D eigenvalue weighted by Gasteiger charge is 2.04. The second kappa shape index (κ2) is 5.35. The van der Waals surface area contributed by atoms with Crippen molar-refractivity contribution in [3.63, 3.8) is 0 Å². The monoisotopic (exact) mass is 254 g/mol. The fourth-order valence-corrected chi connectivity index (χ4v) is 1.91. The molecular weight excluding hydrogens is 240 g/mol. The van der Waals surface area contributed by atoms with Crippen LogP contribution in [0.3, 0.4) is 0 Å². The van der Waals surface area contributed by atoms with Crippen molar-refractivity contribution in [1.29, 1.82) is 0 Å². The van der Waals surface area contributed by atoms with Crippen LogP contribution in [-0.2, 0) is 6.42 Å². The first kappa shape index (κ1) is 12.8. The number of anilines is 2. The van der Waals surface area contributed by atoms with Crippen LogP contribution in [0.15, 0.2) is 36.4 Å². The molecule has 4 heteroatoms. The Morgan fingerprint density at radius 3 is 1.58 bits per heavy atom. The zero-order chi connectivity index (χ0) is 13.8. The number of rotatable bonds is 4. The molecule has 0 atom stereocenters. The lowest BCUT2D eigenvalue weighted by molar-refractivity contribution is 0.111. The second-order valence-electron chi connectivity index (χ2n) is 4.34. The Morgan fingerprint density at radius 2 is 1.21 bits per heavy atom. The molecule has 2 rings (SSSR count). The van der Waals surface area contributed by atoms with Gasteiger partial charge in [0.15, 0.2) is 12.6 Å². The number of aldehydes is 2. The predicted molar refractivity (Wildman–Crippen MR) is 75.3 cm³/mol. The quantitative estimate of drug-likeness (QED) is 0.646. The lowest BCUT2D eigenvalue weighted by Gasteiger charge is -2.06. The lowest BCUT2D eigenvalue weighted by Crippen LogP contribution is -1.98. The van der Waals surface area contributed by atoms with Crippen LogP contribution in [0.5, 0.6) is 0 Å². The largest absolute Gasteiger partial charge is 0.398 e. The average molecular weight is 254 g/mol. The summed E-state index contributed by atoms with van der Waals surface area (Å²) in [6.07, 6.45) is 2.08. The molecule has 2 aromatic carbocycles. The number of carbonyl (C=O) groups is 2. The fourth-order valence-electron chi connectivity index (χ4n) is 1.91. The molecule has 0 radical (unpaired) electrons. The highest BCUT2D eigenvalue weighted by atomic mass is 16.1. The number of nitrogens with two attached hydrogens (primary N) is 2. The van der Waals surface area contributed by atoms with Crippen molar-refractivity contribution in [3.8, 4) is 0 Å². The van der Waals surface area contributed by atoms with E-state index in [2.05, 4.69) is 0 Å². The van der Waals surface area contributed by atoms with Crippen molar-refractivity contribution < 1.29 is 9.59 Å². The smallest absolute Gasteiger partial charge is 0.152 e. The van der Waals surface area contributed by atoms with E-state index < -0.39 is 0 Å². The summed E-state index contributed by atoms with van der Waals surface area (Å²) in [5.41, 5.74) is 15.1. The number of nitrogen functional groups attached to an aromatic ring is 2. The molecule has 0 saturated carbocycles. The Hall–Kier alpha value is -2.62. The van der Waals surface area contributed by atoms with E-state index in [4.69, 9.17) is 11.5 Å². The number of hydrogen-bond acceptors (Lipinski definition) is 4. The predicted octanol–water partition coefficient (Wildman–Crippen LogP) is 2.07. The molecule has 2 aromatic rings. The van der Waals surface area contributed by atoms with Gasteiger partial charge in [0.25, 0.3) is 0 Å². The molecule has 0 saturated heterocycles. The van der Waals surface area contributed by atoms with Crippen LogP contribution in [0.4, 0.5) is 11.4 Å². The van der Waals surface area contributed by atoms with Gasteiger partial charge in [0.1, 0.15) is 0 Å². The maximum absolute atomic E-state index is 10.8. The molecule has 0 amide bonds. The van der Waals surface area contributed by atoms with Gasteiger partial charge >= 0.3 is 0 Å². The molecule has 0 fully saturated rings. The maximum atomic E-state index is 10.8. The first-order valence-corrected chi connectivity index (χ1v) is 5.81. The van der Waals surface area contributed by atoms with Crippen LogP contribution >= 0.6 is 0 Å². The molecule has 0 spiro atoms. The summed E-state index contributed by atoms with van der Waals surface area (Å²) in [7, 11) is 0. The van der Waals surface area contributed by atoms with Gasteiger partial charge < -0.3 is 11.5 Å². The van der Waals surface area contributed by atoms with Gasteiger partial charge in [-0.05, 0) is 41.8 Å². The summed E-state index contributed by atoms with van der Waals surface area (Å²) in [6.45, 7) is 0. The van der Waals surface area contributed by atoms with E-state index in [1.54, 1.807) is 24.3 Å². The summed E-state index contributed by atoms with van der Waals surface area (Å²) in [5.74, 6) is 0. The third-order valence-corrected chi connectivity index (χ3v) is 2.96. The van der Waals surface area contributed by atoms with E-state index in [9.17, 15) is 9.59 Å². The maximum Gasteiger partial charge on any atom is 0.152 e. The first-order valence-electron chi connectivity index (χ1n) is 5.81. The Kier molecular flexibility index (Phi) is 3.61. The topological polar surface area (TPSA) is 86.2 Å². The molecule has 0 aromatic heterocycles. The molecule has 4 N–H and O–H groups in total. The van der Waals surface area contributed by atoms with Crippen molar-refractivity contribution in [1.82, 2.24) is 0 Å². The zero-order valence-electron chi connectivity index (χ0n) is 10.3. The van der Waals surface area contributed by atoms with E-state index >= 15 is 0 Å². The molecule has 4 nitrogen and oxygen atoms in total. The molecule has 0 aliphatic rings. The van der Waals surface area contributed by atoms with Crippen molar-refractivity contribution in [2.45, 2.75) is 6.42 Å². The number of hydrogen-bond donors (Lipinski definition) is 2.